The molecule has 2 rings (SSSR count). The van der Waals surface area contributed by atoms with Crippen molar-refractivity contribution in [2.45, 2.75) is 38.0 Å². The predicted molar refractivity (Wildman–Crippen MR) is 91.6 cm³/mol. The summed E-state index contributed by atoms with van der Waals surface area (Å²) in [5, 5.41) is 0. The lowest BCUT2D eigenvalue weighted by Gasteiger charge is -2.21. The number of hydrogen-bond donors (Lipinski definition) is 1. The quantitative estimate of drug-likeness (QED) is 0.934. The molecule has 0 aliphatic carbocycles. The first kappa shape index (κ1) is 16.7. The van der Waals surface area contributed by atoms with Crippen LogP contribution in [0, 0.1) is 6.92 Å². The third-order valence-corrected chi connectivity index (χ3v) is 5.14. The van der Waals surface area contributed by atoms with E-state index in [0.717, 1.165) is 11.1 Å². The summed E-state index contributed by atoms with van der Waals surface area (Å²) < 4.78 is 25.9. The smallest absolute Gasteiger partial charge is 0.214 e. The first-order valence-electron chi connectivity index (χ1n) is 7.29. The summed E-state index contributed by atoms with van der Waals surface area (Å²) in [6, 6.07) is 13.5. The van der Waals surface area contributed by atoms with Crippen molar-refractivity contribution >= 4 is 10.0 Å². The maximum atomic E-state index is 11.8. The molecule has 0 saturated carbocycles. The molecule has 0 saturated heterocycles. The molecule has 0 aliphatic heterocycles. The minimum absolute atomic E-state index is 0.0795. The molecule has 0 aromatic heterocycles. The number of rotatable bonds is 3. The fourth-order valence-electron chi connectivity index (χ4n) is 2.33. The highest BCUT2D eigenvalue weighted by Crippen LogP contribution is 2.29. The fraction of sp³-hybridized carbons (Fsp3) is 0.333. The number of benzene rings is 2. The molecule has 0 heterocycles. The summed E-state index contributed by atoms with van der Waals surface area (Å²) in [6.45, 7) is 8.65. The van der Waals surface area contributed by atoms with E-state index in [-0.39, 0.29) is 10.3 Å². The number of nitrogens with one attached hydrogen (secondary N) is 1. The maximum Gasteiger partial charge on any atom is 0.240 e. The molecule has 0 unspecified atom stereocenters. The van der Waals surface area contributed by atoms with Crippen molar-refractivity contribution in [3.8, 4) is 11.1 Å². The zero-order chi connectivity index (χ0) is 16.5. The molecular weight excluding hydrogens is 294 g/mol. The first-order valence-corrected chi connectivity index (χ1v) is 8.78. The van der Waals surface area contributed by atoms with Crippen molar-refractivity contribution in [2.24, 2.45) is 0 Å². The van der Waals surface area contributed by atoms with Gasteiger partial charge in [0.25, 0.3) is 0 Å². The summed E-state index contributed by atoms with van der Waals surface area (Å²) >= 11 is 0. The van der Waals surface area contributed by atoms with Crippen LogP contribution in [0.5, 0.6) is 0 Å². The van der Waals surface area contributed by atoms with E-state index in [1.807, 2.05) is 12.1 Å². The van der Waals surface area contributed by atoms with E-state index in [0.29, 0.717) is 0 Å². The summed E-state index contributed by atoms with van der Waals surface area (Å²) in [6.07, 6.45) is 0. The largest absolute Gasteiger partial charge is 0.240 e. The molecule has 3 nitrogen and oxygen atoms in total. The number of sulfonamides is 1. The van der Waals surface area contributed by atoms with Gasteiger partial charge >= 0.3 is 0 Å². The van der Waals surface area contributed by atoms with E-state index in [4.69, 9.17) is 0 Å². The van der Waals surface area contributed by atoms with Crippen LogP contribution in [0.4, 0.5) is 0 Å². The monoisotopic (exact) mass is 317 g/mol. The Morgan fingerprint density at radius 1 is 0.909 bits per heavy atom. The van der Waals surface area contributed by atoms with Crippen LogP contribution in [0.1, 0.15) is 31.9 Å². The Labute approximate surface area is 133 Å². The second-order valence-corrected chi connectivity index (χ2v) is 8.46. The van der Waals surface area contributed by atoms with Gasteiger partial charge in [0.05, 0.1) is 4.90 Å². The number of hydrogen-bond acceptors (Lipinski definition) is 2. The Hall–Kier alpha value is -1.65. The molecule has 118 valence electrons. The van der Waals surface area contributed by atoms with Gasteiger partial charge in [0.2, 0.25) is 10.0 Å². The van der Waals surface area contributed by atoms with Crippen molar-refractivity contribution in [3.05, 3.63) is 53.6 Å². The highest BCUT2D eigenvalue weighted by Gasteiger charge is 2.16. The summed E-state index contributed by atoms with van der Waals surface area (Å²) in [5.74, 6) is 0. The molecule has 0 aliphatic rings. The van der Waals surface area contributed by atoms with Crippen molar-refractivity contribution in [1.29, 1.82) is 0 Å². The molecule has 2 aromatic rings. The average Bonchev–Trinajstić information content (AvgIpc) is 2.46. The van der Waals surface area contributed by atoms with Crippen LogP contribution >= 0.6 is 0 Å². The highest BCUT2D eigenvalue weighted by atomic mass is 32.2. The Kier molecular flexibility index (Phi) is 4.45. The van der Waals surface area contributed by atoms with Gasteiger partial charge in [-0.1, -0.05) is 56.7 Å². The summed E-state index contributed by atoms with van der Waals surface area (Å²) in [7, 11) is -1.97. The van der Waals surface area contributed by atoms with Crippen molar-refractivity contribution in [1.82, 2.24) is 4.72 Å². The molecule has 0 amide bonds. The Bertz CT molecular complexity index is 770. The highest BCUT2D eigenvalue weighted by molar-refractivity contribution is 7.89. The van der Waals surface area contributed by atoms with Crippen LogP contribution in [0.2, 0.25) is 0 Å². The molecule has 0 radical (unpaired) electrons. The van der Waals surface area contributed by atoms with E-state index >= 15 is 0 Å². The molecular formula is C18H23NO2S. The van der Waals surface area contributed by atoms with Gasteiger partial charge in [0, 0.05) is 0 Å². The minimum Gasteiger partial charge on any atom is -0.214 e. The second kappa shape index (κ2) is 5.86. The Morgan fingerprint density at radius 2 is 1.50 bits per heavy atom. The molecule has 1 N–H and O–H groups in total. The van der Waals surface area contributed by atoms with Crippen molar-refractivity contribution < 1.29 is 8.42 Å². The van der Waals surface area contributed by atoms with Gasteiger partial charge in [0.1, 0.15) is 0 Å². The summed E-state index contributed by atoms with van der Waals surface area (Å²) in [5.41, 5.74) is 4.68. The molecule has 4 heteroatoms. The zero-order valence-corrected chi connectivity index (χ0v) is 14.6. The van der Waals surface area contributed by atoms with E-state index in [2.05, 4.69) is 50.6 Å². The van der Waals surface area contributed by atoms with Gasteiger partial charge in [-0.3, -0.25) is 0 Å². The molecule has 0 atom stereocenters. The lowest BCUT2D eigenvalue weighted by Crippen LogP contribution is -2.18. The second-order valence-electron chi connectivity index (χ2n) is 6.57. The third kappa shape index (κ3) is 3.57. The normalized spacial score (nSPS) is 12.4. The third-order valence-electron chi connectivity index (χ3n) is 3.71. The maximum absolute atomic E-state index is 11.8. The topological polar surface area (TPSA) is 46.2 Å². The van der Waals surface area contributed by atoms with Gasteiger partial charge < -0.3 is 0 Å². The zero-order valence-electron chi connectivity index (χ0n) is 13.8. The van der Waals surface area contributed by atoms with E-state index in [9.17, 15) is 8.42 Å². The summed E-state index contributed by atoms with van der Waals surface area (Å²) in [4.78, 5) is 0.280. The predicted octanol–water partition coefficient (Wildman–Crippen LogP) is 3.87. The van der Waals surface area contributed by atoms with Gasteiger partial charge in [-0.25, -0.2) is 13.1 Å². The van der Waals surface area contributed by atoms with Crippen LogP contribution in [-0.2, 0) is 15.4 Å². The molecule has 0 bridgehead atoms. The minimum atomic E-state index is -3.39. The lowest BCUT2D eigenvalue weighted by molar-refractivity contribution is 0.588. The average molecular weight is 317 g/mol. The van der Waals surface area contributed by atoms with Gasteiger partial charge in [0.15, 0.2) is 0 Å². The van der Waals surface area contributed by atoms with E-state index in [1.54, 1.807) is 12.1 Å². The fourth-order valence-corrected chi connectivity index (χ4v) is 3.06. The Morgan fingerprint density at radius 3 is 2.00 bits per heavy atom. The van der Waals surface area contributed by atoms with E-state index < -0.39 is 10.0 Å². The van der Waals surface area contributed by atoms with Crippen LogP contribution < -0.4 is 4.72 Å². The van der Waals surface area contributed by atoms with E-state index in [1.165, 1.54) is 18.2 Å². The molecule has 22 heavy (non-hydrogen) atoms. The molecule has 0 spiro atoms. The molecule has 2 aromatic carbocycles. The number of aryl methyl sites for hydroxylation is 1. The van der Waals surface area contributed by atoms with Crippen molar-refractivity contribution in [3.63, 3.8) is 0 Å². The van der Waals surface area contributed by atoms with Crippen LogP contribution in [-0.4, -0.2) is 15.5 Å². The van der Waals surface area contributed by atoms with Crippen LogP contribution in [0.25, 0.3) is 11.1 Å². The van der Waals surface area contributed by atoms with Crippen molar-refractivity contribution in [2.75, 3.05) is 7.05 Å². The van der Waals surface area contributed by atoms with Gasteiger partial charge in [-0.05, 0) is 48.2 Å². The van der Waals surface area contributed by atoms with Crippen LogP contribution in [0.15, 0.2) is 47.4 Å². The van der Waals surface area contributed by atoms with Gasteiger partial charge in [-0.2, -0.15) is 0 Å². The molecule has 0 fully saturated rings. The van der Waals surface area contributed by atoms with Gasteiger partial charge in [-0.15, -0.1) is 0 Å². The standard InChI is InChI=1S/C18H23NO2S/c1-13-10-15(12-16(11-13)18(2,3)4)14-6-8-17(9-7-14)22(20,21)19-5/h6-12,19H,1-5H3. The van der Waals surface area contributed by atoms with Crippen LogP contribution in [0.3, 0.4) is 0 Å². The Balaban J connectivity index is 2.47. The first-order chi connectivity index (χ1) is 10.1. The SMILES string of the molecule is CNS(=O)(=O)c1ccc(-c2cc(C)cc(C(C)(C)C)c2)cc1. The lowest BCUT2D eigenvalue weighted by atomic mass is 9.84.